The summed E-state index contributed by atoms with van der Waals surface area (Å²) < 4.78 is 1.02. The van der Waals surface area contributed by atoms with Gasteiger partial charge in [-0.3, -0.25) is 0 Å². The van der Waals surface area contributed by atoms with Crippen LogP contribution in [0.2, 0.25) is 0 Å². The van der Waals surface area contributed by atoms with E-state index in [4.69, 9.17) is 5.73 Å². The first-order valence-electron chi connectivity index (χ1n) is 4.52. The second kappa shape index (κ2) is 3.98. The normalized spacial score (nSPS) is 10.3. The molecule has 4 heteroatoms. The summed E-state index contributed by atoms with van der Waals surface area (Å²) in [7, 11) is 0. The molecule has 1 aromatic heterocycles. The van der Waals surface area contributed by atoms with Gasteiger partial charge in [0.1, 0.15) is 0 Å². The number of hydrogen-bond donors (Lipinski definition) is 1. The Balaban J connectivity index is 2.58. The average molecular weight is 264 g/mol. The topological polar surface area (TPSA) is 51.8 Å². The number of halogens is 1. The highest BCUT2D eigenvalue weighted by Gasteiger charge is 2.04. The van der Waals surface area contributed by atoms with Crippen LogP contribution in [0.5, 0.6) is 0 Å². The van der Waals surface area contributed by atoms with Gasteiger partial charge in [0, 0.05) is 16.2 Å². The summed E-state index contributed by atoms with van der Waals surface area (Å²) in [6.45, 7) is 1.97. The molecule has 0 amide bonds. The molecule has 0 aliphatic carbocycles. The van der Waals surface area contributed by atoms with E-state index in [0.717, 1.165) is 21.3 Å². The molecule has 2 aromatic rings. The van der Waals surface area contributed by atoms with Gasteiger partial charge in [-0.1, -0.05) is 28.1 Å². The standard InChI is InChI=1S/C11H10BrN3/c1-7-6-14-11(13)15-10(7)8-3-2-4-9(12)5-8/h2-6H,1H3,(H2,13,14,15). The maximum atomic E-state index is 5.57. The van der Waals surface area contributed by atoms with E-state index < -0.39 is 0 Å². The van der Waals surface area contributed by atoms with Crippen molar-refractivity contribution in [3.8, 4) is 11.3 Å². The number of rotatable bonds is 1. The number of benzene rings is 1. The summed E-state index contributed by atoms with van der Waals surface area (Å²) in [6.07, 6.45) is 1.73. The van der Waals surface area contributed by atoms with Crippen LogP contribution in [-0.4, -0.2) is 9.97 Å². The van der Waals surface area contributed by atoms with E-state index in [-0.39, 0.29) is 0 Å². The van der Waals surface area contributed by atoms with Crippen LogP contribution < -0.4 is 5.73 Å². The van der Waals surface area contributed by atoms with Crippen molar-refractivity contribution in [3.63, 3.8) is 0 Å². The third kappa shape index (κ3) is 2.15. The van der Waals surface area contributed by atoms with Gasteiger partial charge in [-0.05, 0) is 24.6 Å². The SMILES string of the molecule is Cc1cnc(N)nc1-c1cccc(Br)c1. The van der Waals surface area contributed by atoms with Gasteiger partial charge in [0.2, 0.25) is 5.95 Å². The first-order valence-corrected chi connectivity index (χ1v) is 5.31. The minimum atomic E-state index is 0.301. The Kier molecular flexibility index (Phi) is 2.68. The molecule has 0 saturated heterocycles. The fourth-order valence-electron chi connectivity index (χ4n) is 1.38. The van der Waals surface area contributed by atoms with Gasteiger partial charge >= 0.3 is 0 Å². The van der Waals surface area contributed by atoms with Crippen molar-refractivity contribution < 1.29 is 0 Å². The van der Waals surface area contributed by atoms with Gasteiger partial charge in [-0.15, -0.1) is 0 Å². The smallest absolute Gasteiger partial charge is 0.220 e. The third-order valence-electron chi connectivity index (χ3n) is 2.09. The first-order chi connectivity index (χ1) is 7.16. The minimum absolute atomic E-state index is 0.301. The molecule has 3 nitrogen and oxygen atoms in total. The molecule has 0 bridgehead atoms. The van der Waals surface area contributed by atoms with Gasteiger partial charge < -0.3 is 5.73 Å². The van der Waals surface area contributed by atoms with Crippen molar-refractivity contribution in [2.45, 2.75) is 6.92 Å². The monoisotopic (exact) mass is 263 g/mol. The lowest BCUT2D eigenvalue weighted by Gasteiger charge is -2.05. The Morgan fingerprint density at radius 2 is 2.13 bits per heavy atom. The van der Waals surface area contributed by atoms with Gasteiger partial charge in [0.05, 0.1) is 5.69 Å². The molecule has 1 aromatic carbocycles. The predicted octanol–water partition coefficient (Wildman–Crippen LogP) is 2.80. The number of hydrogen-bond acceptors (Lipinski definition) is 3. The molecule has 0 spiro atoms. The van der Waals surface area contributed by atoms with E-state index in [9.17, 15) is 0 Å². The fourth-order valence-corrected chi connectivity index (χ4v) is 1.78. The Bertz CT molecular complexity index is 497. The molecular weight excluding hydrogens is 254 g/mol. The Hall–Kier alpha value is -1.42. The Morgan fingerprint density at radius 1 is 1.33 bits per heavy atom. The highest BCUT2D eigenvalue weighted by Crippen LogP contribution is 2.23. The second-order valence-corrected chi connectivity index (χ2v) is 4.19. The predicted molar refractivity (Wildman–Crippen MR) is 64.3 cm³/mol. The highest BCUT2D eigenvalue weighted by molar-refractivity contribution is 9.10. The summed E-state index contributed by atoms with van der Waals surface area (Å²) in [5.74, 6) is 0.301. The molecule has 0 saturated carbocycles. The zero-order chi connectivity index (χ0) is 10.8. The Labute approximate surface area is 96.5 Å². The van der Waals surface area contributed by atoms with E-state index >= 15 is 0 Å². The molecule has 0 aliphatic rings. The van der Waals surface area contributed by atoms with Gasteiger partial charge in [-0.25, -0.2) is 9.97 Å². The van der Waals surface area contributed by atoms with Crippen LogP contribution >= 0.6 is 15.9 Å². The van der Waals surface area contributed by atoms with Gasteiger partial charge in [0.25, 0.3) is 0 Å². The lowest BCUT2D eigenvalue weighted by molar-refractivity contribution is 1.15. The van der Waals surface area contributed by atoms with Crippen molar-refractivity contribution >= 4 is 21.9 Å². The van der Waals surface area contributed by atoms with Gasteiger partial charge in [-0.2, -0.15) is 0 Å². The maximum absolute atomic E-state index is 5.57. The molecule has 0 radical (unpaired) electrons. The number of aryl methyl sites for hydroxylation is 1. The summed E-state index contributed by atoms with van der Waals surface area (Å²) in [6, 6.07) is 7.95. The number of nitrogens with two attached hydrogens (primary N) is 1. The molecule has 0 fully saturated rings. The molecular formula is C11H10BrN3. The number of nitrogen functional groups attached to an aromatic ring is 1. The zero-order valence-corrected chi connectivity index (χ0v) is 9.82. The van der Waals surface area contributed by atoms with E-state index in [1.807, 2.05) is 31.2 Å². The van der Waals surface area contributed by atoms with Crippen molar-refractivity contribution in [1.29, 1.82) is 0 Å². The lowest BCUT2D eigenvalue weighted by atomic mass is 10.1. The molecule has 0 aliphatic heterocycles. The van der Waals surface area contributed by atoms with Crippen LogP contribution in [0.1, 0.15) is 5.56 Å². The minimum Gasteiger partial charge on any atom is -0.368 e. The third-order valence-corrected chi connectivity index (χ3v) is 2.58. The molecule has 2 N–H and O–H groups in total. The van der Waals surface area contributed by atoms with Crippen molar-refractivity contribution in [1.82, 2.24) is 9.97 Å². The second-order valence-electron chi connectivity index (χ2n) is 3.27. The van der Waals surface area contributed by atoms with Crippen LogP contribution in [0, 0.1) is 6.92 Å². The molecule has 15 heavy (non-hydrogen) atoms. The number of aromatic nitrogens is 2. The number of anilines is 1. The summed E-state index contributed by atoms with van der Waals surface area (Å²) >= 11 is 3.43. The Morgan fingerprint density at radius 3 is 2.87 bits per heavy atom. The lowest BCUT2D eigenvalue weighted by Crippen LogP contribution is -1.98. The molecule has 1 heterocycles. The fraction of sp³-hybridized carbons (Fsp3) is 0.0909. The van der Waals surface area contributed by atoms with Gasteiger partial charge in [0.15, 0.2) is 0 Å². The first kappa shape index (κ1) is 10.1. The highest BCUT2D eigenvalue weighted by atomic mass is 79.9. The van der Waals surface area contributed by atoms with Crippen LogP contribution in [0.15, 0.2) is 34.9 Å². The average Bonchev–Trinajstić information content (AvgIpc) is 2.22. The summed E-state index contributed by atoms with van der Waals surface area (Å²) in [4.78, 5) is 8.17. The maximum Gasteiger partial charge on any atom is 0.220 e. The summed E-state index contributed by atoms with van der Waals surface area (Å²) in [5, 5.41) is 0. The largest absolute Gasteiger partial charge is 0.368 e. The van der Waals surface area contributed by atoms with Crippen LogP contribution in [0.3, 0.4) is 0 Å². The van der Waals surface area contributed by atoms with Crippen LogP contribution in [-0.2, 0) is 0 Å². The van der Waals surface area contributed by atoms with E-state index in [0.29, 0.717) is 5.95 Å². The molecule has 0 atom stereocenters. The van der Waals surface area contributed by atoms with E-state index in [1.165, 1.54) is 0 Å². The van der Waals surface area contributed by atoms with Crippen molar-refractivity contribution in [2.24, 2.45) is 0 Å². The van der Waals surface area contributed by atoms with Crippen molar-refractivity contribution in [2.75, 3.05) is 5.73 Å². The zero-order valence-electron chi connectivity index (χ0n) is 8.24. The van der Waals surface area contributed by atoms with Crippen LogP contribution in [0.25, 0.3) is 11.3 Å². The van der Waals surface area contributed by atoms with E-state index in [2.05, 4.69) is 25.9 Å². The quantitative estimate of drug-likeness (QED) is 0.861. The molecule has 2 rings (SSSR count). The number of nitrogens with zero attached hydrogens (tertiary/aromatic N) is 2. The molecule has 0 unspecified atom stereocenters. The molecule has 76 valence electrons. The van der Waals surface area contributed by atoms with E-state index in [1.54, 1.807) is 6.20 Å². The van der Waals surface area contributed by atoms with Crippen molar-refractivity contribution in [3.05, 3.63) is 40.5 Å². The summed E-state index contributed by atoms with van der Waals surface area (Å²) in [5.41, 5.74) is 8.50. The van der Waals surface area contributed by atoms with Crippen LogP contribution in [0.4, 0.5) is 5.95 Å².